The first-order valence-electron chi connectivity index (χ1n) is 9.33. The highest BCUT2D eigenvalue weighted by atomic mass is 32.2. The molecular formula is C20H23FN4O4S. The molecule has 0 aromatic heterocycles. The normalized spacial score (nSPS) is 22.1. The molecule has 0 radical (unpaired) electrons. The van der Waals surface area contributed by atoms with Crippen LogP contribution in [0.2, 0.25) is 0 Å². The summed E-state index contributed by atoms with van der Waals surface area (Å²) in [4.78, 5) is 4.53. The molecule has 8 nitrogen and oxygen atoms in total. The molecule has 160 valence electrons. The molecule has 1 fully saturated rings. The molecule has 1 aliphatic heterocycles. The van der Waals surface area contributed by atoms with E-state index in [1.807, 2.05) is 12.1 Å². The van der Waals surface area contributed by atoms with E-state index >= 15 is 0 Å². The summed E-state index contributed by atoms with van der Waals surface area (Å²) in [6, 6.07) is 9.04. The van der Waals surface area contributed by atoms with E-state index in [1.54, 1.807) is 19.2 Å². The van der Waals surface area contributed by atoms with Gasteiger partial charge in [-0.3, -0.25) is 5.43 Å². The first-order valence-corrected chi connectivity index (χ1v) is 10.7. The van der Waals surface area contributed by atoms with Crippen molar-refractivity contribution in [2.24, 2.45) is 10.9 Å². The predicted molar refractivity (Wildman–Crippen MR) is 111 cm³/mol. The molecule has 2 atom stereocenters. The van der Waals surface area contributed by atoms with Gasteiger partial charge in [-0.15, -0.1) is 0 Å². The lowest BCUT2D eigenvalue weighted by Crippen LogP contribution is -2.46. The Kier molecular flexibility index (Phi) is 5.16. The number of methoxy groups -OCH3 is 2. The molecule has 4 rings (SSSR count). The third kappa shape index (κ3) is 3.30. The van der Waals surface area contributed by atoms with Crippen molar-refractivity contribution in [2.45, 2.75) is 12.5 Å². The van der Waals surface area contributed by atoms with Crippen molar-refractivity contribution in [1.29, 1.82) is 0 Å². The summed E-state index contributed by atoms with van der Waals surface area (Å²) < 4.78 is 52.9. The highest BCUT2D eigenvalue weighted by Crippen LogP contribution is 2.48. The van der Waals surface area contributed by atoms with Crippen LogP contribution >= 0.6 is 0 Å². The molecule has 1 saturated heterocycles. The van der Waals surface area contributed by atoms with Gasteiger partial charge in [-0.05, 0) is 47.9 Å². The van der Waals surface area contributed by atoms with Gasteiger partial charge in [0.2, 0.25) is 0 Å². The second-order valence-electron chi connectivity index (χ2n) is 7.34. The summed E-state index contributed by atoms with van der Waals surface area (Å²) in [5, 5.41) is 0. The minimum absolute atomic E-state index is 0.255. The molecule has 2 aromatic rings. The predicted octanol–water partition coefficient (Wildman–Crippen LogP) is 2.41. The number of hydrogen-bond donors (Lipinski definition) is 1. The molecule has 2 aromatic carbocycles. The van der Waals surface area contributed by atoms with Crippen LogP contribution in [-0.2, 0) is 16.6 Å². The van der Waals surface area contributed by atoms with E-state index in [9.17, 15) is 12.8 Å². The maximum absolute atomic E-state index is 13.6. The molecule has 0 bridgehead atoms. The molecule has 1 aliphatic carbocycles. The monoisotopic (exact) mass is 434 g/mol. The number of fused-ring (bicyclic) bond motifs is 3. The van der Waals surface area contributed by atoms with Crippen molar-refractivity contribution < 1.29 is 22.3 Å². The summed E-state index contributed by atoms with van der Waals surface area (Å²) in [6.07, 6.45) is 0.556. The fraction of sp³-hybridized carbons (Fsp3) is 0.350. The number of nitrogens with zero attached hydrogens (tertiary/aromatic N) is 3. The van der Waals surface area contributed by atoms with Crippen LogP contribution in [0.5, 0.6) is 11.5 Å². The van der Waals surface area contributed by atoms with Gasteiger partial charge in [0.15, 0.2) is 11.5 Å². The lowest BCUT2D eigenvalue weighted by molar-refractivity contribution is 0.293. The summed E-state index contributed by atoms with van der Waals surface area (Å²) >= 11 is 0. The van der Waals surface area contributed by atoms with Gasteiger partial charge in [0.1, 0.15) is 11.7 Å². The summed E-state index contributed by atoms with van der Waals surface area (Å²) in [7, 11) is 2.22. The highest BCUT2D eigenvalue weighted by Gasteiger charge is 2.51. The summed E-state index contributed by atoms with van der Waals surface area (Å²) in [5.74, 6) is 0.901. The van der Waals surface area contributed by atoms with Crippen molar-refractivity contribution in [3.8, 4) is 11.5 Å². The largest absolute Gasteiger partial charge is 0.493 e. The maximum atomic E-state index is 13.6. The fourth-order valence-corrected chi connectivity index (χ4v) is 5.03. The van der Waals surface area contributed by atoms with Gasteiger partial charge in [0.05, 0.1) is 25.9 Å². The summed E-state index contributed by atoms with van der Waals surface area (Å²) in [6.45, 7) is 0. The number of rotatable bonds is 5. The highest BCUT2D eigenvalue weighted by molar-refractivity contribution is 7.86. The first-order chi connectivity index (χ1) is 14.3. The van der Waals surface area contributed by atoms with Gasteiger partial charge in [0.25, 0.3) is 10.2 Å². The molecule has 1 N–H and O–H groups in total. The van der Waals surface area contributed by atoms with E-state index in [2.05, 4.69) is 10.4 Å². The van der Waals surface area contributed by atoms with E-state index in [1.165, 1.54) is 37.8 Å². The van der Waals surface area contributed by atoms with Crippen LogP contribution in [0.1, 0.15) is 17.2 Å². The molecule has 2 unspecified atom stereocenters. The van der Waals surface area contributed by atoms with Gasteiger partial charge < -0.3 is 9.47 Å². The van der Waals surface area contributed by atoms with Gasteiger partial charge in [-0.2, -0.15) is 12.7 Å². The van der Waals surface area contributed by atoms with Gasteiger partial charge in [-0.25, -0.2) is 9.38 Å². The molecule has 10 heteroatoms. The van der Waals surface area contributed by atoms with Crippen LogP contribution in [0.25, 0.3) is 0 Å². The second kappa shape index (κ2) is 7.53. The van der Waals surface area contributed by atoms with Crippen LogP contribution in [0.15, 0.2) is 41.4 Å². The third-order valence-corrected chi connectivity index (χ3v) is 7.12. The zero-order chi connectivity index (χ0) is 21.6. The minimum Gasteiger partial charge on any atom is -0.493 e. The quantitative estimate of drug-likeness (QED) is 0.782. The Morgan fingerprint density at radius 1 is 1.17 bits per heavy atom. The summed E-state index contributed by atoms with van der Waals surface area (Å²) in [5.41, 5.74) is 5.13. The van der Waals surface area contributed by atoms with E-state index in [0.717, 1.165) is 15.4 Å². The van der Waals surface area contributed by atoms with Crippen molar-refractivity contribution in [3.63, 3.8) is 0 Å². The smallest absolute Gasteiger partial charge is 0.299 e. The zero-order valence-corrected chi connectivity index (χ0v) is 17.9. The lowest BCUT2D eigenvalue weighted by atomic mass is 10.0. The van der Waals surface area contributed by atoms with Crippen LogP contribution in [0, 0.1) is 11.7 Å². The Labute approximate surface area is 175 Å². The van der Waals surface area contributed by atoms with Gasteiger partial charge in [0, 0.05) is 20.0 Å². The Morgan fingerprint density at radius 3 is 2.50 bits per heavy atom. The molecule has 2 aliphatic rings. The van der Waals surface area contributed by atoms with Crippen LogP contribution in [-0.4, -0.2) is 51.3 Å². The lowest BCUT2D eigenvalue weighted by Gasteiger charge is -2.26. The first kappa shape index (κ1) is 20.6. The van der Waals surface area contributed by atoms with Crippen molar-refractivity contribution >= 4 is 21.7 Å². The number of hydrazine groups is 1. The Bertz CT molecular complexity index is 1120. The van der Waals surface area contributed by atoms with Gasteiger partial charge >= 0.3 is 0 Å². The van der Waals surface area contributed by atoms with E-state index in [-0.39, 0.29) is 5.92 Å². The standard InChI is InChI=1S/C20H23FN4O4S/c1-24(2)30(26,27)25-19-15-11-18(29-4)17(28-3)9-12(15)8-16(19)20(23-25)22-14-7-5-6-13(21)10-14/h5-7,9-11,16,19H,8H2,1-4H3,(H,22,23). The van der Waals surface area contributed by atoms with Crippen molar-refractivity contribution in [1.82, 2.24) is 14.1 Å². The number of hydrogen-bond acceptors (Lipinski definition) is 5. The SMILES string of the molecule is COc1cc2c(cc1OC)C1C(C2)C(=Nc2cccc(F)c2)NN1S(=O)(=O)N(C)C. The average Bonchev–Trinajstić information content (AvgIpc) is 3.24. The van der Waals surface area contributed by atoms with E-state index < -0.39 is 22.1 Å². The topological polar surface area (TPSA) is 83.5 Å². The van der Waals surface area contributed by atoms with Gasteiger partial charge in [-0.1, -0.05) is 10.5 Å². The zero-order valence-electron chi connectivity index (χ0n) is 17.1. The van der Waals surface area contributed by atoms with Crippen molar-refractivity contribution in [2.75, 3.05) is 28.3 Å². The fourth-order valence-electron chi connectivity index (χ4n) is 3.93. The minimum atomic E-state index is -3.81. The number of halogens is 1. The van der Waals surface area contributed by atoms with Crippen LogP contribution in [0.4, 0.5) is 10.1 Å². The number of nitrogens with one attached hydrogen (secondary N) is 1. The van der Waals surface area contributed by atoms with E-state index in [0.29, 0.717) is 29.4 Å². The molecule has 0 amide bonds. The Morgan fingerprint density at radius 2 is 1.87 bits per heavy atom. The molecule has 30 heavy (non-hydrogen) atoms. The van der Waals surface area contributed by atoms with Crippen molar-refractivity contribution in [3.05, 3.63) is 53.3 Å². The molecule has 0 spiro atoms. The van der Waals surface area contributed by atoms with Crippen LogP contribution < -0.4 is 14.9 Å². The number of ether oxygens (including phenoxy) is 2. The molecule has 1 heterocycles. The third-order valence-electron chi connectivity index (χ3n) is 5.38. The molecule has 0 saturated carbocycles. The van der Waals surface area contributed by atoms with E-state index in [4.69, 9.17) is 9.47 Å². The molecular weight excluding hydrogens is 411 g/mol. The second-order valence-corrected chi connectivity index (χ2v) is 9.36. The Hall–Kier alpha value is -2.69. The number of amidine groups is 1. The Balaban J connectivity index is 1.84. The number of aliphatic imine (C=N–C) groups is 1. The van der Waals surface area contributed by atoms with Crippen LogP contribution in [0.3, 0.4) is 0 Å². The average molecular weight is 434 g/mol. The number of benzene rings is 2. The maximum Gasteiger partial charge on any atom is 0.299 e.